The van der Waals surface area contributed by atoms with E-state index in [9.17, 15) is 5.11 Å². The van der Waals surface area contributed by atoms with E-state index in [1.807, 2.05) is 0 Å². The molecule has 5 rings (SSSR count). The molecule has 4 unspecified atom stereocenters. The van der Waals surface area contributed by atoms with Crippen LogP contribution >= 0.6 is 0 Å². The van der Waals surface area contributed by atoms with Crippen molar-refractivity contribution in [2.24, 2.45) is 0 Å². The number of hydrogen-bond acceptors (Lipinski definition) is 5. The summed E-state index contributed by atoms with van der Waals surface area (Å²) in [5.41, 5.74) is 2.58. The molecular weight excluding hydrogens is 364 g/mol. The van der Waals surface area contributed by atoms with E-state index in [1.54, 1.807) is 0 Å². The highest BCUT2D eigenvalue weighted by atomic mass is 16.5. The Balaban J connectivity index is 1.65. The van der Waals surface area contributed by atoms with Crippen molar-refractivity contribution in [3.05, 3.63) is 40.3 Å². The van der Waals surface area contributed by atoms with Crippen LogP contribution in [-0.2, 0) is 11.2 Å². The molecule has 6 heteroatoms. The standard InChI is InChI=1S/C23H32N4O2/c1-14-4-7-20-18(10-14)23-19(13-26(20)3)25-21(12-22(28)24-16-5-6-16)27(23)17-8-9-29-15(2)11-17/h4,7,10,13,15-17,20,22,24,28H,5-6,8-9,11-12H2,1-3H3. The van der Waals surface area contributed by atoms with Crippen LogP contribution in [0.2, 0.25) is 0 Å². The van der Waals surface area contributed by atoms with Crippen molar-refractivity contribution < 1.29 is 9.84 Å². The van der Waals surface area contributed by atoms with Crippen molar-refractivity contribution in [2.75, 3.05) is 13.7 Å². The van der Waals surface area contributed by atoms with Gasteiger partial charge < -0.3 is 19.3 Å². The molecule has 2 fully saturated rings. The summed E-state index contributed by atoms with van der Waals surface area (Å²) in [6.07, 6.45) is 13.4. The SMILES string of the molecule is CC1=CC2=c3c(nc(CC(O)NC4CC4)n3C3CCOC(C)C3)=CN(C)C2C=C1. The van der Waals surface area contributed by atoms with Crippen molar-refractivity contribution in [3.8, 4) is 0 Å². The predicted molar refractivity (Wildman–Crippen MR) is 113 cm³/mol. The molecule has 0 amide bonds. The Morgan fingerprint density at radius 2 is 2.17 bits per heavy atom. The topological polar surface area (TPSA) is 62.6 Å². The van der Waals surface area contributed by atoms with E-state index in [1.165, 1.54) is 16.5 Å². The Hall–Kier alpha value is -1.89. The van der Waals surface area contributed by atoms with Crippen LogP contribution in [0.5, 0.6) is 0 Å². The molecule has 1 saturated heterocycles. The lowest BCUT2D eigenvalue weighted by molar-refractivity contribution is 0.00445. The second kappa shape index (κ2) is 7.42. The first-order valence-corrected chi connectivity index (χ1v) is 11.0. The second-order valence-corrected chi connectivity index (χ2v) is 9.09. The molecule has 0 spiro atoms. The zero-order valence-corrected chi connectivity index (χ0v) is 17.6. The molecule has 3 heterocycles. The summed E-state index contributed by atoms with van der Waals surface area (Å²) >= 11 is 0. The summed E-state index contributed by atoms with van der Waals surface area (Å²) < 4.78 is 8.26. The minimum atomic E-state index is -0.551. The van der Waals surface area contributed by atoms with Crippen molar-refractivity contribution in [3.63, 3.8) is 0 Å². The number of nitrogens with zero attached hydrogens (tertiary/aromatic N) is 3. The van der Waals surface area contributed by atoms with E-state index >= 15 is 0 Å². The van der Waals surface area contributed by atoms with Crippen LogP contribution in [-0.4, -0.2) is 57.6 Å². The fraction of sp³-hybridized carbons (Fsp3) is 0.609. The van der Waals surface area contributed by atoms with E-state index in [0.29, 0.717) is 18.5 Å². The van der Waals surface area contributed by atoms with E-state index in [4.69, 9.17) is 9.72 Å². The molecule has 156 valence electrons. The predicted octanol–water partition coefficient (Wildman–Crippen LogP) is 0.955. The molecule has 4 atom stereocenters. The monoisotopic (exact) mass is 396 g/mol. The third kappa shape index (κ3) is 3.69. The lowest BCUT2D eigenvalue weighted by atomic mass is 9.94. The summed E-state index contributed by atoms with van der Waals surface area (Å²) in [5, 5.41) is 16.2. The number of nitrogens with one attached hydrogen (secondary N) is 1. The van der Waals surface area contributed by atoms with Gasteiger partial charge >= 0.3 is 0 Å². The van der Waals surface area contributed by atoms with Crippen LogP contribution in [0, 0.1) is 0 Å². The zero-order valence-electron chi connectivity index (χ0n) is 17.6. The smallest absolute Gasteiger partial charge is 0.114 e. The summed E-state index contributed by atoms with van der Waals surface area (Å²) in [4.78, 5) is 7.28. The van der Waals surface area contributed by atoms with Gasteiger partial charge in [-0.15, -0.1) is 0 Å². The van der Waals surface area contributed by atoms with Crippen LogP contribution < -0.4 is 16.0 Å². The molecule has 1 saturated carbocycles. The maximum Gasteiger partial charge on any atom is 0.114 e. The Kier molecular flexibility index (Phi) is 4.88. The molecule has 2 aliphatic carbocycles. The molecule has 6 nitrogen and oxygen atoms in total. The maximum atomic E-state index is 10.6. The number of likely N-dealkylation sites (N-methyl/N-ethyl adjacent to an activating group) is 1. The average molecular weight is 397 g/mol. The molecular formula is C23H32N4O2. The van der Waals surface area contributed by atoms with Gasteiger partial charge in [0.2, 0.25) is 0 Å². The van der Waals surface area contributed by atoms with E-state index in [2.05, 4.69) is 60.1 Å². The number of rotatable bonds is 5. The van der Waals surface area contributed by atoms with Gasteiger partial charge in [-0.25, -0.2) is 4.98 Å². The van der Waals surface area contributed by atoms with Gasteiger partial charge in [0.15, 0.2) is 0 Å². The number of aliphatic hydroxyl groups excluding tert-OH is 1. The lowest BCUT2D eigenvalue weighted by Gasteiger charge is -2.33. The van der Waals surface area contributed by atoms with Gasteiger partial charge in [0.1, 0.15) is 17.4 Å². The maximum absolute atomic E-state index is 10.6. The van der Waals surface area contributed by atoms with Crippen LogP contribution in [0.25, 0.3) is 11.8 Å². The Labute approximate surface area is 172 Å². The fourth-order valence-electron chi connectivity index (χ4n) is 4.94. The molecule has 0 radical (unpaired) electrons. The third-order valence-corrected chi connectivity index (χ3v) is 6.50. The minimum absolute atomic E-state index is 0.237. The highest BCUT2D eigenvalue weighted by Crippen LogP contribution is 2.27. The van der Waals surface area contributed by atoms with Crippen molar-refractivity contribution in [2.45, 2.75) is 76.4 Å². The third-order valence-electron chi connectivity index (χ3n) is 6.50. The fourth-order valence-corrected chi connectivity index (χ4v) is 4.94. The average Bonchev–Trinajstić information content (AvgIpc) is 3.40. The molecule has 29 heavy (non-hydrogen) atoms. The first-order valence-electron chi connectivity index (χ1n) is 11.0. The number of ether oxygens (including phenoxy) is 1. The lowest BCUT2D eigenvalue weighted by Crippen LogP contribution is -2.47. The van der Waals surface area contributed by atoms with Gasteiger partial charge in [-0.2, -0.15) is 0 Å². The van der Waals surface area contributed by atoms with Crippen LogP contribution in [0.1, 0.15) is 51.4 Å². The number of fused-ring (bicyclic) bond motifs is 2. The van der Waals surface area contributed by atoms with Gasteiger partial charge in [-0.3, -0.25) is 5.32 Å². The van der Waals surface area contributed by atoms with Crippen LogP contribution in [0.15, 0.2) is 23.8 Å². The highest BCUT2D eigenvalue weighted by molar-refractivity contribution is 5.70. The van der Waals surface area contributed by atoms with Gasteiger partial charge in [0.05, 0.1) is 17.5 Å². The molecule has 0 bridgehead atoms. The van der Waals surface area contributed by atoms with Crippen LogP contribution in [0.3, 0.4) is 0 Å². The second-order valence-electron chi connectivity index (χ2n) is 9.09. The molecule has 2 aliphatic heterocycles. The van der Waals surface area contributed by atoms with Gasteiger partial charge in [0, 0.05) is 43.9 Å². The number of hydrogen-bond donors (Lipinski definition) is 2. The zero-order chi connectivity index (χ0) is 20.1. The van der Waals surface area contributed by atoms with Crippen molar-refractivity contribution in [1.82, 2.24) is 19.8 Å². The Bertz CT molecular complexity index is 972. The normalized spacial score (nSPS) is 29.8. The first-order chi connectivity index (χ1) is 14.0. The largest absolute Gasteiger partial charge is 0.378 e. The number of aromatic nitrogens is 2. The molecule has 2 N–H and O–H groups in total. The van der Waals surface area contributed by atoms with Gasteiger partial charge in [-0.1, -0.05) is 23.8 Å². The van der Waals surface area contributed by atoms with E-state index in [-0.39, 0.29) is 12.1 Å². The Morgan fingerprint density at radius 3 is 2.93 bits per heavy atom. The first kappa shape index (κ1) is 19.1. The number of allylic oxidation sites excluding steroid dienone is 2. The molecule has 1 aromatic rings. The van der Waals surface area contributed by atoms with Gasteiger partial charge in [-0.05, 0) is 39.5 Å². The van der Waals surface area contributed by atoms with Crippen LogP contribution in [0.4, 0.5) is 0 Å². The molecule has 1 aromatic heterocycles. The van der Waals surface area contributed by atoms with Gasteiger partial charge in [0.25, 0.3) is 0 Å². The summed E-state index contributed by atoms with van der Waals surface area (Å²) in [7, 11) is 2.12. The summed E-state index contributed by atoms with van der Waals surface area (Å²) in [5.74, 6) is 0.980. The van der Waals surface area contributed by atoms with E-state index in [0.717, 1.165) is 43.5 Å². The quantitative estimate of drug-likeness (QED) is 0.726. The molecule has 0 aromatic carbocycles. The van der Waals surface area contributed by atoms with Crippen molar-refractivity contribution in [1.29, 1.82) is 0 Å². The molecule has 4 aliphatic rings. The summed E-state index contributed by atoms with van der Waals surface area (Å²) in [6.45, 7) is 5.08. The van der Waals surface area contributed by atoms with E-state index < -0.39 is 6.23 Å². The minimum Gasteiger partial charge on any atom is -0.378 e. The summed E-state index contributed by atoms with van der Waals surface area (Å²) in [6, 6.07) is 1.06. The number of aliphatic hydroxyl groups is 1. The Morgan fingerprint density at radius 1 is 1.34 bits per heavy atom. The van der Waals surface area contributed by atoms with Crippen molar-refractivity contribution >= 4 is 11.8 Å². The highest BCUT2D eigenvalue weighted by Gasteiger charge is 2.31. The number of imidazole rings is 1.